The van der Waals surface area contributed by atoms with Crippen LogP contribution >= 0.6 is 0 Å². The zero-order valence-electron chi connectivity index (χ0n) is 19.8. The number of unbranched alkanes of at least 4 members (excludes halogenated alkanes) is 2. The number of carbonyl (C=O) groups excluding carboxylic acids is 2. The maximum absolute atomic E-state index is 13.0. The number of aryl methyl sites for hydroxylation is 1. The first-order valence-electron chi connectivity index (χ1n) is 11.6. The van der Waals surface area contributed by atoms with E-state index < -0.39 is 10.0 Å². The first-order valence-corrected chi connectivity index (χ1v) is 13.2. The van der Waals surface area contributed by atoms with Crippen LogP contribution in [0, 0.1) is 11.3 Å². The summed E-state index contributed by atoms with van der Waals surface area (Å²) in [4.78, 5) is 27.5. The normalized spacial score (nSPS) is 13.4. The topological polar surface area (TPSA) is 163 Å². The minimum atomic E-state index is -3.31. The van der Waals surface area contributed by atoms with Crippen LogP contribution in [0.1, 0.15) is 56.9 Å². The highest BCUT2D eigenvalue weighted by Gasteiger charge is 2.32. The summed E-state index contributed by atoms with van der Waals surface area (Å²) in [6.07, 6.45) is 2.38. The molecule has 1 aliphatic heterocycles. The summed E-state index contributed by atoms with van der Waals surface area (Å²) in [7, 11) is -1.66. The van der Waals surface area contributed by atoms with E-state index in [4.69, 9.17) is 11.0 Å². The van der Waals surface area contributed by atoms with Gasteiger partial charge < -0.3 is 16.0 Å². The third-order valence-electron chi connectivity index (χ3n) is 5.83. The first kappa shape index (κ1) is 26.3. The largest absolute Gasteiger partial charge is 0.347 e. The second-order valence-electron chi connectivity index (χ2n) is 8.40. The van der Waals surface area contributed by atoms with Crippen molar-refractivity contribution in [1.29, 1.82) is 5.26 Å². The zero-order valence-corrected chi connectivity index (χ0v) is 20.6. The monoisotopic (exact) mass is 501 g/mol. The molecule has 3 rings (SSSR count). The van der Waals surface area contributed by atoms with E-state index in [1.54, 1.807) is 36.2 Å². The molecule has 0 saturated carbocycles. The van der Waals surface area contributed by atoms with E-state index in [0.29, 0.717) is 55.6 Å². The molecule has 188 valence electrons. The van der Waals surface area contributed by atoms with Crippen molar-refractivity contribution in [3.8, 4) is 6.07 Å². The van der Waals surface area contributed by atoms with Gasteiger partial charge in [-0.2, -0.15) is 10.4 Å². The average molecular weight is 502 g/mol. The molecule has 4 N–H and O–H groups in total. The third-order valence-corrected chi connectivity index (χ3v) is 7.30. The number of benzene rings is 1. The highest BCUT2D eigenvalue weighted by atomic mass is 32.2. The van der Waals surface area contributed by atoms with Gasteiger partial charge in [-0.05, 0) is 37.0 Å². The molecular formula is C23H31N7O4S. The molecule has 1 aromatic heterocycles. The lowest BCUT2D eigenvalue weighted by Gasteiger charge is -2.27. The number of nitriles is 1. The molecule has 0 bridgehead atoms. The molecule has 0 radical (unpaired) electrons. The first-order chi connectivity index (χ1) is 16.8. The van der Waals surface area contributed by atoms with Crippen molar-refractivity contribution < 1.29 is 18.0 Å². The van der Waals surface area contributed by atoms with Gasteiger partial charge in [0.25, 0.3) is 11.8 Å². The highest BCUT2D eigenvalue weighted by Crippen LogP contribution is 2.22. The van der Waals surface area contributed by atoms with Crippen molar-refractivity contribution in [3.63, 3.8) is 0 Å². The van der Waals surface area contributed by atoms with Crippen LogP contribution in [0.15, 0.2) is 24.3 Å². The van der Waals surface area contributed by atoms with Crippen LogP contribution < -0.4 is 15.8 Å². The van der Waals surface area contributed by atoms with Crippen LogP contribution in [-0.4, -0.2) is 66.8 Å². The Hall–Kier alpha value is -3.27. The predicted molar refractivity (Wildman–Crippen MR) is 130 cm³/mol. The smallest absolute Gasteiger partial charge is 0.272 e. The van der Waals surface area contributed by atoms with Crippen molar-refractivity contribution in [2.45, 2.75) is 32.2 Å². The maximum atomic E-state index is 13.0. The van der Waals surface area contributed by atoms with Crippen molar-refractivity contribution in [3.05, 3.63) is 52.3 Å². The lowest BCUT2D eigenvalue weighted by molar-refractivity contribution is 0.0725. The summed E-state index contributed by atoms with van der Waals surface area (Å²) < 4.78 is 27.5. The minimum Gasteiger partial charge on any atom is -0.347 e. The van der Waals surface area contributed by atoms with Crippen molar-refractivity contribution in [1.82, 2.24) is 24.7 Å². The summed E-state index contributed by atoms with van der Waals surface area (Å²) in [5.41, 5.74) is 8.02. The van der Waals surface area contributed by atoms with E-state index >= 15 is 0 Å². The van der Waals surface area contributed by atoms with E-state index in [0.717, 1.165) is 5.56 Å². The number of rotatable bonds is 12. The summed E-state index contributed by atoms with van der Waals surface area (Å²) in [6.45, 7) is 1.76. The molecule has 0 spiro atoms. The Morgan fingerprint density at radius 3 is 2.66 bits per heavy atom. The van der Waals surface area contributed by atoms with E-state index in [-0.39, 0.29) is 42.9 Å². The van der Waals surface area contributed by atoms with Gasteiger partial charge in [0, 0.05) is 45.3 Å². The van der Waals surface area contributed by atoms with Gasteiger partial charge in [-0.25, -0.2) is 13.1 Å². The van der Waals surface area contributed by atoms with Crippen LogP contribution in [-0.2, 0) is 30.0 Å². The molecule has 1 aromatic carbocycles. The second kappa shape index (κ2) is 11.9. The quantitative estimate of drug-likeness (QED) is 0.351. The SMILES string of the molecule is Cn1nc(C(=O)NCc2ccc(C#N)cc2)c2c1C(=O)N(CCCCCS(=O)(=O)NCCN)CC2. The van der Waals surface area contributed by atoms with Crippen LogP contribution in [0.3, 0.4) is 0 Å². The van der Waals surface area contributed by atoms with Gasteiger partial charge in [0.2, 0.25) is 10.0 Å². The standard InChI is InChI=1S/C23H31N7O4S/c1-29-21-19(20(28-29)22(31)26-16-18-7-5-17(15-25)6-8-18)9-13-30(23(21)32)12-3-2-4-14-35(33,34)27-11-10-24/h5-8,27H,2-4,9-14,16,24H2,1H3,(H,26,31). The van der Waals surface area contributed by atoms with Crippen LogP contribution in [0.4, 0.5) is 0 Å². The number of nitrogens with two attached hydrogens (primary N) is 1. The number of nitrogens with zero attached hydrogens (tertiary/aromatic N) is 4. The van der Waals surface area contributed by atoms with Gasteiger partial charge in [0.05, 0.1) is 17.4 Å². The molecule has 0 atom stereocenters. The Bertz CT molecular complexity index is 1200. The van der Waals surface area contributed by atoms with Gasteiger partial charge in [0.1, 0.15) is 5.69 Å². The Morgan fingerprint density at radius 2 is 1.97 bits per heavy atom. The molecule has 12 heteroatoms. The Kier molecular flexibility index (Phi) is 8.97. The molecule has 0 aliphatic carbocycles. The number of nitrogens with one attached hydrogen (secondary N) is 2. The minimum absolute atomic E-state index is 0.0355. The molecular weight excluding hydrogens is 470 g/mol. The molecule has 11 nitrogen and oxygen atoms in total. The molecule has 35 heavy (non-hydrogen) atoms. The Balaban J connectivity index is 1.53. The molecule has 0 saturated heterocycles. The number of amides is 2. The third kappa shape index (κ3) is 6.88. The Morgan fingerprint density at radius 1 is 1.23 bits per heavy atom. The van der Waals surface area contributed by atoms with Crippen LogP contribution in [0.5, 0.6) is 0 Å². The van der Waals surface area contributed by atoms with Gasteiger partial charge in [0.15, 0.2) is 5.69 Å². The van der Waals surface area contributed by atoms with Crippen molar-refractivity contribution >= 4 is 21.8 Å². The Labute approximate surface area is 205 Å². The number of hydrogen-bond acceptors (Lipinski definition) is 7. The lowest BCUT2D eigenvalue weighted by atomic mass is 10.0. The maximum Gasteiger partial charge on any atom is 0.272 e. The number of hydrogen-bond donors (Lipinski definition) is 3. The van der Waals surface area contributed by atoms with E-state index in [1.165, 1.54) is 4.68 Å². The van der Waals surface area contributed by atoms with E-state index in [1.807, 2.05) is 0 Å². The van der Waals surface area contributed by atoms with E-state index in [2.05, 4.69) is 21.2 Å². The molecule has 2 heterocycles. The lowest BCUT2D eigenvalue weighted by Crippen LogP contribution is -2.39. The van der Waals surface area contributed by atoms with E-state index in [9.17, 15) is 18.0 Å². The fourth-order valence-electron chi connectivity index (χ4n) is 3.99. The van der Waals surface area contributed by atoms with Gasteiger partial charge in [-0.1, -0.05) is 18.6 Å². The van der Waals surface area contributed by atoms with Crippen molar-refractivity contribution in [2.24, 2.45) is 12.8 Å². The highest BCUT2D eigenvalue weighted by molar-refractivity contribution is 7.89. The van der Waals surface area contributed by atoms with Gasteiger partial charge in [-0.15, -0.1) is 0 Å². The molecule has 0 fully saturated rings. The van der Waals surface area contributed by atoms with Gasteiger partial charge >= 0.3 is 0 Å². The van der Waals surface area contributed by atoms with Crippen LogP contribution in [0.2, 0.25) is 0 Å². The van der Waals surface area contributed by atoms with Gasteiger partial charge in [-0.3, -0.25) is 14.3 Å². The fraction of sp³-hybridized carbons (Fsp3) is 0.478. The number of aromatic nitrogens is 2. The molecule has 2 aromatic rings. The average Bonchev–Trinajstić information content (AvgIpc) is 3.19. The van der Waals surface area contributed by atoms with Crippen LogP contribution in [0.25, 0.3) is 0 Å². The summed E-state index contributed by atoms with van der Waals surface area (Å²) in [5, 5.41) is 16.0. The summed E-state index contributed by atoms with van der Waals surface area (Å²) in [5.74, 6) is -0.491. The molecule has 2 amide bonds. The summed E-state index contributed by atoms with van der Waals surface area (Å²) in [6, 6.07) is 8.99. The van der Waals surface area contributed by atoms with Crippen molar-refractivity contribution in [2.75, 3.05) is 31.9 Å². The summed E-state index contributed by atoms with van der Waals surface area (Å²) >= 11 is 0. The number of carbonyl (C=O) groups is 2. The zero-order chi connectivity index (χ0) is 25.4. The number of sulfonamides is 1. The molecule has 1 aliphatic rings. The predicted octanol–water partition coefficient (Wildman–Crippen LogP) is 0.268. The molecule has 0 unspecified atom stereocenters. The second-order valence-corrected chi connectivity index (χ2v) is 10.3. The number of fused-ring (bicyclic) bond motifs is 1. The fourth-order valence-corrected chi connectivity index (χ4v) is 5.14.